The van der Waals surface area contributed by atoms with E-state index in [1.807, 2.05) is 22.7 Å². The molecular formula is C44H27NS2. The van der Waals surface area contributed by atoms with Crippen molar-refractivity contribution < 1.29 is 0 Å². The molecule has 0 unspecified atom stereocenters. The number of thiophene rings is 2. The molecule has 0 atom stereocenters. The average Bonchev–Trinajstić information content (AvgIpc) is 3.71. The van der Waals surface area contributed by atoms with Crippen LogP contribution in [0.1, 0.15) is 0 Å². The fourth-order valence-electron chi connectivity index (χ4n) is 7.32. The third-order valence-electron chi connectivity index (χ3n) is 9.42. The minimum atomic E-state index is 1.14. The lowest BCUT2D eigenvalue weighted by molar-refractivity contribution is 1.31. The number of para-hydroxylation sites is 1. The van der Waals surface area contributed by atoms with Crippen LogP contribution in [0.3, 0.4) is 0 Å². The highest BCUT2D eigenvalue weighted by Crippen LogP contribution is 2.50. The minimum absolute atomic E-state index is 1.14. The van der Waals surface area contributed by atoms with Crippen LogP contribution in [0.5, 0.6) is 0 Å². The molecular weight excluding hydrogens is 607 g/mol. The Balaban J connectivity index is 1.30. The van der Waals surface area contributed by atoms with Crippen molar-refractivity contribution in [3.05, 3.63) is 164 Å². The summed E-state index contributed by atoms with van der Waals surface area (Å²) >= 11 is 3.80. The van der Waals surface area contributed by atoms with Gasteiger partial charge in [0, 0.05) is 62.7 Å². The Kier molecular flexibility index (Phi) is 5.98. The van der Waals surface area contributed by atoms with Gasteiger partial charge in [0.2, 0.25) is 0 Å². The van der Waals surface area contributed by atoms with E-state index >= 15 is 0 Å². The quantitative estimate of drug-likeness (QED) is 0.186. The van der Waals surface area contributed by atoms with Gasteiger partial charge in [0.05, 0.1) is 5.69 Å². The van der Waals surface area contributed by atoms with Crippen LogP contribution < -0.4 is 4.90 Å². The Labute approximate surface area is 280 Å². The lowest BCUT2D eigenvalue weighted by atomic mass is 9.94. The molecule has 0 aliphatic carbocycles. The predicted molar refractivity (Wildman–Crippen MR) is 207 cm³/mol. The summed E-state index contributed by atoms with van der Waals surface area (Å²) < 4.78 is 5.31. The molecule has 0 fully saturated rings. The summed E-state index contributed by atoms with van der Waals surface area (Å²) in [5.41, 5.74) is 6.07. The van der Waals surface area contributed by atoms with Gasteiger partial charge in [-0.3, -0.25) is 0 Å². The van der Waals surface area contributed by atoms with Gasteiger partial charge in [-0.15, -0.1) is 22.7 Å². The molecule has 0 bridgehead atoms. The second kappa shape index (κ2) is 10.5. The first-order valence-corrected chi connectivity index (χ1v) is 17.6. The Morgan fingerprint density at radius 2 is 1.02 bits per heavy atom. The largest absolute Gasteiger partial charge is 0.310 e. The maximum atomic E-state index is 2.47. The number of fused-ring (bicyclic) bond motifs is 9. The fourth-order valence-corrected chi connectivity index (χ4v) is 9.79. The summed E-state index contributed by atoms with van der Waals surface area (Å²) in [6.07, 6.45) is 0. The van der Waals surface area contributed by atoms with Crippen LogP contribution in [0, 0.1) is 0 Å². The van der Waals surface area contributed by atoms with Crippen molar-refractivity contribution in [3.63, 3.8) is 0 Å². The van der Waals surface area contributed by atoms with Gasteiger partial charge in [0.1, 0.15) is 0 Å². The van der Waals surface area contributed by atoms with Gasteiger partial charge >= 0.3 is 0 Å². The highest BCUT2D eigenvalue weighted by atomic mass is 32.1. The van der Waals surface area contributed by atoms with Crippen LogP contribution in [-0.4, -0.2) is 0 Å². The van der Waals surface area contributed by atoms with Crippen molar-refractivity contribution in [2.75, 3.05) is 4.90 Å². The molecule has 3 heteroatoms. The van der Waals surface area contributed by atoms with Gasteiger partial charge in [0.25, 0.3) is 0 Å². The summed E-state index contributed by atoms with van der Waals surface area (Å²) in [5, 5.41) is 10.3. The summed E-state index contributed by atoms with van der Waals surface area (Å²) in [4.78, 5) is 2.43. The van der Waals surface area contributed by atoms with Crippen LogP contribution >= 0.6 is 22.7 Å². The van der Waals surface area contributed by atoms with E-state index in [2.05, 4.69) is 169 Å². The molecule has 2 aromatic heterocycles. The average molecular weight is 634 g/mol. The van der Waals surface area contributed by atoms with Gasteiger partial charge in [-0.2, -0.15) is 0 Å². The van der Waals surface area contributed by atoms with E-state index in [0.29, 0.717) is 0 Å². The highest BCUT2D eigenvalue weighted by molar-refractivity contribution is 7.27. The third-order valence-corrected chi connectivity index (χ3v) is 11.8. The monoisotopic (exact) mass is 633 g/mol. The normalized spacial score (nSPS) is 11.8. The topological polar surface area (TPSA) is 3.24 Å². The van der Waals surface area contributed by atoms with Crippen molar-refractivity contribution in [2.45, 2.75) is 0 Å². The van der Waals surface area contributed by atoms with E-state index in [1.54, 1.807) is 0 Å². The number of hydrogen-bond donors (Lipinski definition) is 0. The molecule has 0 spiro atoms. The number of rotatable bonds is 4. The van der Waals surface area contributed by atoms with Crippen molar-refractivity contribution in [3.8, 4) is 11.1 Å². The molecule has 47 heavy (non-hydrogen) atoms. The van der Waals surface area contributed by atoms with Gasteiger partial charge < -0.3 is 4.90 Å². The zero-order valence-corrected chi connectivity index (χ0v) is 27.0. The molecule has 10 rings (SSSR count). The highest BCUT2D eigenvalue weighted by Gasteiger charge is 2.21. The molecule has 0 saturated carbocycles. The van der Waals surface area contributed by atoms with Crippen LogP contribution in [0.15, 0.2) is 164 Å². The Bertz CT molecular complexity index is 2810. The standard InChI is InChI=1S/C44H27NS2/c1-2-14-30(15-3-1)45(31-25-24-28-12-4-5-13-29(28)26-31)39-21-11-23-41-42(39)38-27-37(32-16-6-7-18-34(32)44(38)47-41)36-20-10-19-35-33-17-8-9-22-40(33)46-43(35)36/h1-27H. The van der Waals surface area contributed by atoms with E-state index in [-0.39, 0.29) is 0 Å². The van der Waals surface area contributed by atoms with Crippen LogP contribution in [-0.2, 0) is 0 Å². The van der Waals surface area contributed by atoms with Gasteiger partial charge in [-0.25, -0.2) is 0 Å². The summed E-state index contributed by atoms with van der Waals surface area (Å²) in [6, 6.07) is 60.0. The van der Waals surface area contributed by atoms with E-state index in [0.717, 1.165) is 11.4 Å². The Morgan fingerprint density at radius 3 is 1.91 bits per heavy atom. The van der Waals surface area contributed by atoms with E-state index < -0.39 is 0 Å². The summed E-state index contributed by atoms with van der Waals surface area (Å²) in [6.45, 7) is 0. The van der Waals surface area contributed by atoms with E-state index in [4.69, 9.17) is 0 Å². The molecule has 8 aromatic carbocycles. The lowest BCUT2D eigenvalue weighted by Gasteiger charge is -2.27. The first-order valence-electron chi connectivity index (χ1n) is 15.9. The van der Waals surface area contributed by atoms with Gasteiger partial charge in [-0.05, 0) is 70.3 Å². The third kappa shape index (κ3) is 4.14. The molecule has 220 valence electrons. The van der Waals surface area contributed by atoms with E-state index in [9.17, 15) is 0 Å². The summed E-state index contributed by atoms with van der Waals surface area (Å²) in [5.74, 6) is 0. The van der Waals surface area contributed by atoms with Crippen LogP contribution in [0.2, 0.25) is 0 Å². The first kappa shape index (κ1) is 26.7. The second-order valence-electron chi connectivity index (χ2n) is 12.1. The predicted octanol–water partition coefficient (Wildman–Crippen LogP) is 13.9. The molecule has 2 heterocycles. The molecule has 0 saturated heterocycles. The molecule has 0 N–H and O–H groups in total. The van der Waals surface area contributed by atoms with Crippen LogP contribution in [0.4, 0.5) is 17.1 Å². The molecule has 0 amide bonds. The fraction of sp³-hybridized carbons (Fsp3) is 0. The maximum absolute atomic E-state index is 2.47. The molecule has 0 radical (unpaired) electrons. The first-order chi connectivity index (χ1) is 23.3. The smallest absolute Gasteiger partial charge is 0.0554 e. The minimum Gasteiger partial charge on any atom is -0.310 e. The van der Waals surface area contributed by atoms with Crippen LogP contribution in [0.25, 0.3) is 73.0 Å². The number of benzene rings is 8. The van der Waals surface area contributed by atoms with E-state index in [1.165, 1.54) is 78.7 Å². The summed E-state index contributed by atoms with van der Waals surface area (Å²) in [7, 11) is 0. The molecule has 0 aliphatic heterocycles. The number of nitrogens with zero attached hydrogens (tertiary/aromatic N) is 1. The molecule has 1 nitrogen and oxygen atoms in total. The van der Waals surface area contributed by atoms with Crippen molar-refractivity contribution in [1.29, 1.82) is 0 Å². The molecule has 10 aromatic rings. The Hall–Kier alpha value is -5.48. The number of anilines is 3. The number of hydrogen-bond acceptors (Lipinski definition) is 3. The maximum Gasteiger partial charge on any atom is 0.0554 e. The SMILES string of the molecule is c1ccc(N(c2ccc3ccccc3c2)c2cccc3sc4c5ccccc5c(-c5cccc6c5sc5ccccc56)cc4c23)cc1. The lowest BCUT2D eigenvalue weighted by Crippen LogP contribution is -2.10. The van der Waals surface area contributed by atoms with Crippen molar-refractivity contribution in [1.82, 2.24) is 0 Å². The molecule has 0 aliphatic rings. The van der Waals surface area contributed by atoms with Gasteiger partial charge in [0.15, 0.2) is 0 Å². The zero-order chi connectivity index (χ0) is 30.9. The van der Waals surface area contributed by atoms with Crippen molar-refractivity contribution >= 4 is 102 Å². The second-order valence-corrected chi connectivity index (χ2v) is 14.2. The Morgan fingerprint density at radius 1 is 0.362 bits per heavy atom. The van der Waals surface area contributed by atoms with Crippen molar-refractivity contribution in [2.24, 2.45) is 0 Å². The zero-order valence-electron chi connectivity index (χ0n) is 25.4. The van der Waals surface area contributed by atoms with Gasteiger partial charge in [-0.1, -0.05) is 115 Å².